The first kappa shape index (κ1) is 14.8. The molecule has 1 aliphatic carbocycles. The number of rotatable bonds is 5. The van der Waals surface area contributed by atoms with Crippen LogP contribution < -0.4 is 10.6 Å². The molecule has 0 bridgehead atoms. The molecular formula is C17H26FN3. The van der Waals surface area contributed by atoms with Crippen molar-refractivity contribution < 1.29 is 4.39 Å². The Morgan fingerprint density at radius 1 is 1.24 bits per heavy atom. The maximum Gasteiger partial charge on any atom is 0.146 e. The van der Waals surface area contributed by atoms with Crippen LogP contribution in [0.1, 0.15) is 31.7 Å². The van der Waals surface area contributed by atoms with E-state index in [0.29, 0.717) is 0 Å². The molecule has 21 heavy (non-hydrogen) atoms. The van der Waals surface area contributed by atoms with E-state index in [2.05, 4.69) is 16.7 Å². The molecule has 4 heteroatoms. The third-order valence-corrected chi connectivity index (χ3v) is 4.77. The molecule has 0 radical (unpaired) electrons. The smallest absolute Gasteiger partial charge is 0.146 e. The number of nitrogens with two attached hydrogens (primary N) is 1. The average molecular weight is 291 g/mol. The van der Waals surface area contributed by atoms with Gasteiger partial charge in [-0.1, -0.05) is 19.1 Å². The Balaban J connectivity index is 1.74. The lowest BCUT2D eigenvalue weighted by atomic mass is 10.0. The summed E-state index contributed by atoms with van der Waals surface area (Å²) in [6, 6.07) is 6.32. The Morgan fingerprint density at radius 3 is 2.57 bits per heavy atom. The van der Waals surface area contributed by atoms with Crippen LogP contribution in [-0.4, -0.2) is 43.2 Å². The molecule has 0 amide bonds. The molecule has 3 rings (SSSR count). The van der Waals surface area contributed by atoms with E-state index >= 15 is 0 Å². The minimum atomic E-state index is -0.101. The summed E-state index contributed by atoms with van der Waals surface area (Å²) in [6.45, 7) is 6.03. The first-order valence-electron chi connectivity index (χ1n) is 8.21. The lowest BCUT2D eigenvalue weighted by molar-refractivity contribution is 0.247. The summed E-state index contributed by atoms with van der Waals surface area (Å²) < 4.78 is 14.4. The van der Waals surface area contributed by atoms with E-state index in [1.165, 1.54) is 12.8 Å². The van der Waals surface area contributed by atoms with Crippen LogP contribution in [0.3, 0.4) is 0 Å². The predicted molar refractivity (Wildman–Crippen MR) is 85.2 cm³/mol. The first-order chi connectivity index (χ1) is 10.2. The molecule has 1 aromatic rings. The molecule has 2 fully saturated rings. The molecule has 116 valence electrons. The van der Waals surface area contributed by atoms with Crippen LogP contribution >= 0.6 is 0 Å². The number of para-hydroxylation sites is 1. The molecule has 2 aliphatic rings. The van der Waals surface area contributed by atoms with Crippen LogP contribution in [-0.2, 0) is 6.42 Å². The van der Waals surface area contributed by atoms with Gasteiger partial charge in [0.25, 0.3) is 0 Å². The number of piperazine rings is 1. The monoisotopic (exact) mass is 291 g/mol. The molecule has 0 aromatic heterocycles. The van der Waals surface area contributed by atoms with E-state index in [4.69, 9.17) is 5.73 Å². The van der Waals surface area contributed by atoms with Gasteiger partial charge in [-0.05, 0) is 37.3 Å². The molecule has 1 unspecified atom stereocenters. The fraction of sp³-hybridized carbons (Fsp3) is 0.647. The third kappa shape index (κ3) is 3.38. The highest BCUT2D eigenvalue weighted by Gasteiger charge is 2.32. The number of nitrogens with zero attached hydrogens (tertiary/aromatic N) is 2. The van der Waals surface area contributed by atoms with Gasteiger partial charge in [0.1, 0.15) is 5.82 Å². The second-order valence-electron chi connectivity index (χ2n) is 6.37. The van der Waals surface area contributed by atoms with E-state index in [0.717, 1.165) is 56.3 Å². The van der Waals surface area contributed by atoms with Gasteiger partial charge in [-0.15, -0.1) is 0 Å². The van der Waals surface area contributed by atoms with E-state index in [1.807, 2.05) is 6.07 Å². The summed E-state index contributed by atoms with van der Waals surface area (Å²) >= 11 is 0. The van der Waals surface area contributed by atoms with E-state index < -0.39 is 0 Å². The zero-order chi connectivity index (χ0) is 14.8. The normalized spacial score (nSPS) is 21.6. The molecule has 1 atom stereocenters. The van der Waals surface area contributed by atoms with Crippen molar-refractivity contribution in [3.05, 3.63) is 29.6 Å². The second kappa shape index (κ2) is 6.32. The van der Waals surface area contributed by atoms with Crippen molar-refractivity contribution in [3.63, 3.8) is 0 Å². The lowest BCUT2D eigenvalue weighted by Crippen LogP contribution is -2.47. The zero-order valence-corrected chi connectivity index (χ0v) is 12.9. The molecule has 1 heterocycles. The third-order valence-electron chi connectivity index (χ3n) is 4.77. The number of anilines is 1. The molecule has 2 N–H and O–H groups in total. The van der Waals surface area contributed by atoms with E-state index in [1.54, 1.807) is 12.1 Å². The zero-order valence-electron chi connectivity index (χ0n) is 12.9. The first-order valence-corrected chi connectivity index (χ1v) is 8.21. The highest BCUT2D eigenvalue weighted by molar-refractivity contribution is 5.55. The van der Waals surface area contributed by atoms with E-state index in [9.17, 15) is 4.39 Å². The number of halogens is 1. The number of hydrogen-bond acceptors (Lipinski definition) is 3. The van der Waals surface area contributed by atoms with Gasteiger partial charge < -0.3 is 10.6 Å². The summed E-state index contributed by atoms with van der Waals surface area (Å²) in [6.07, 6.45) is 4.37. The lowest BCUT2D eigenvalue weighted by Gasteiger charge is -2.37. The van der Waals surface area contributed by atoms with Crippen molar-refractivity contribution in [1.29, 1.82) is 0 Å². The molecule has 1 aromatic carbocycles. The van der Waals surface area contributed by atoms with Crippen LogP contribution in [0, 0.1) is 5.82 Å². The molecule has 3 nitrogen and oxygen atoms in total. The van der Waals surface area contributed by atoms with Gasteiger partial charge in [0.15, 0.2) is 0 Å². The fourth-order valence-corrected chi connectivity index (χ4v) is 3.26. The topological polar surface area (TPSA) is 32.5 Å². The molecule has 1 aliphatic heterocycles. The van der Waals surface area contributed by atoms with Crippen LogP contribution in [0.5, 0.6) is 0 Å². The Labute approximate surface area is 126 Å². The van der Waals surface area contributed by atoms with Crippen LogP contribution in [0.25, 0.3) is 0 Å². The van der Waals surface area contributed by atoms with Crippen molar-refractivity contribution in [2.24, 2.45) is 5.73 Å². The predicted octanol–water partition coefficient (Wildman–Crippen LogP) is 2.39. The summed E-state index contributed by atoms with van der Waals surface area (Å²) in [5, 5.41) is 0. The van der Waals surface area contributed by atoms with Crippen molar-refractivity contribution in [3.8, 4) is 0 Å². The Morgan fingerprint density at radius 2 is 1.95 bits per heavy atom. The van der Waals surface area contributed by atoms with Crippen LogP contribution in [0.4, 0.5) is 10.1 Å². The van der Waals surface area contributed by atoms with Crippen molar-refractivity contribution in [2.45, 2.75) is 44.7 Å². The van der Waals surface area contributed by atoms with Gasteiger partial charge in [0.05, 0.1) is 5.69 Å². The second-order valence-corrected chi connectivity index (χ2v) is 6.37. The minimum Gasteiger partial charge on any atom is -0.366 e. The maximum absolute atomic E-state index is 14.4. The van der Waals surface area contributed by atoms with Crippen molar-refractivity contribution in [2.75, 3.05) is 31.1 Å². The Bertz CT molecular complexity index is 479. The van der Waals surface area contributed by atoms with Gasteiger partial charge in [0.2, 0.25) is 0 Å². The molecule has 1 saturated heterocycles. The summed E-state index contributed by atoms with van der Waals surface area (Å²) in [5.74, 6) is -0.101. The Kier molecular flexibility index (Phi) is 4.45. The summed E-state index contributed by atoms with van der Waals surface area (Å²) in [4.78, 5) is 4.76. The van der Waals surface area contributed by atoms with Crippen molar-refractivity contribution in [1.82, 2.24) is 4.90 Å². The van der Waals surface area contributed by atoms with Gasteiger partial charge in [-0.3, -0.25) is 4.90 Å². The minimum absolute atomic E-state index is 0.101. The number of benzene rings is 1. The number of hydrogen-bond donors (Lipinski definition) is 1. The fourth-order valence-electron chi connectivity index (χ4n) is 3.26. The largest absolute Gasteiger partial charge is 0.366 e. The van der Waals surface area contributed by atoms with Crippen molar-refractivity contribution >= 4 is 5.69 Å². The summed E-state index contributed by atoms with van der Waals surface area (Å²) in [5.41, 5.74) is 7.92. The highest BCUT2D eigenvalue weighted by Crippen LogP contribution is 2.31. The highest BCUT2D eigenvalue weighted by atomic mass is 19.1. The summed E-state index contributed by atoms with van der Waals surface area (Å²) in [7, 11) is 0. The van der Waals surface area contributed by atoms with Gasteiger partial charge >= 0.3 is 0 Å². The standard InChI is InChI=1S/C17H26FN3/c1-2-14(19)12-13-4-3-5-16(18)17(13)21-10-8-20(9-11-21)15-6-7-15/h3-5,14-15H,2,6-12,19H2,1H3. The van der Waals surface area contributed by atoms with Gasteiger partial charge in [0, 0.05) is 38.3 Å². The van der Waals surface area contributed by atoms with Gasteiger partial charge in [-0.25, -0.2) is 4.39 Å². The quantitative estimate of drug-likeness (QED) is 0.904. The molecule has 0 spiro atoms. The molecule has 1 saturated carbocycles. The maximum atomic E-state index is 14.4. The van der Waals surface area contributed by atoms with E-state index in [-0.39, 0.29) is 11.9 Å². The van der Waals surface area contributed by atoms with Gasteiger partial charge in [-0.2, -0.15) is 0 Å². The SMILES string of the molecule is CCC(N)Cc1cccc(F)c1N1CCN(C2CC2)CC1. The van der Waals surface area contributed by atoms with Crippen LogP contribution in [0.15, 0.2) is 18.2 Å². The molecular weight excluding hydrogens is 265 g/mol. The van der Waals surface area contributed by atoms with Crippen LogP contribution in [0.2, 0.25) is 0 Å². The Hall–Kier alpha value is -1.13. The average Bonchev–Trinajstić information content (AvgIpc) is 3.32.